The molecule has 1 aromatic rings. The normalized spacial score (nSPS) is 11.4. The van der Waals surface area contributed by atoms with Crippen molar-refractivity contribution in [3.63, 3.8) is 0 Å². The molecule has 1 rings (SSSR count). The molecule has 0 bridgehead atoms. The fourth-order valence-electron chi connectivity index (χ4n) is 1.82. The van der Waals surface area contributed by atoms with Gasteiger partial charge in [-0.3, -0.25) is 9.59 Å². The molecule has 1 N–H and O–H groups in total. The van der Waals surface area contributed by atoms with Crippen molar-refractivity contribution in [2.24, 2.45) is 0 Å². The lowest BCUT2D eigenvalue weighted by molar-refractivity contribution is -0.146. The molecule has 6 nitrogen and oxygen atoms in total. The SMILES string of the molecule is CCOC(=O)CCC(NC(=O)c1ccccc1)C(=O)OCC. The number of carbonyl (C=O) groups is 3. The fraction of sp³-hybridized carbons (Fsp3) is 0.438. The van der Waals surface area contributed by atoms with Crippen molar-refractivity contribution < 1.29 is 23.9 Å². The summed E-state index contributed by atoms with van der Waals surface area (Å²) in [4.78, 5) is 35.4. The molecular weight excluding hydrogens is 286 g/mol. The van der Waals surface area contributed by atoms with Crippen molar-refractivity contribution in [1.82, 2.24) is 5.32 Å². The number of carbonyl (C=O) groups excluding carboxylic acids is 3. The average molecular weight is 307 g/mol. The number of rotatable bonds is 8. The Bertz CT molecular complexity index is 501. The summed E-state index contributed by atoms with van der Waals surface area (Å²) in [5.74, 6) is -1.36. The Balaban J connectivity index is 2.67. The number of amides is 1. The van der Waals surface area contributed by atoms with E-state index in [1.165, 1.54) is 0 Å². The maximum absolute atomic E-state index is 12.1. The molecule has 1 amide bonds. The van der Waals surface area contributed by atoms with Crippen molar-refractivity contribution in [1.29, 1.82) is 0 Å². The first-order chi connectivity index (χ1) is 10.6. The van der Waals surface area contributed by atoms with Gasteiger partial charge in [0.1, 0.15) is 6.04 Å². The van der Waals surface area contributed by atoms with Crippen LogP contribution in [0.3, 0.4) is 0 Å². The van der Waals surface area contributed by atoms with Crippen molar-refractivity contribution in [3.8, 4) is 0 Å². The molecule has 0 fully saturated rings. The summed E-state index contributed by atoms with van der Waals surface area (Å²) in [7, 11) is 0. The summed E-state index contributed by atoms with van der Waals surface area (Å²) in [5, 5.41) is 2.59. The molecule has 0 aliphatic rings. The summed E-state index contributed by atoms with van der Waals surface area (Å²) >= 11 is 0. The summed E-state index contributed by atoms with van der Waals surface area (Å²) in [6.45, 7) is 3.87. The van der Waals surface area contributed by atoms with E-state index in [-0.39, 0.29) is 32.0 Å². The van der Waals surface area contributed by atoms with Gasteiger partial charge in [-0.15, -0.1) is 0 Å². The van der Waals surface area contributed by atoms with Crippen LogP contribution < -0.4 is 5.32 Å². The van der Waals surface area contributed by atoms with E-state index in [9.17, 15) is 14.4 Å². The smallest absolute Gasteiger partial charge is 0.328 e. The third-order valence-corrected chi connectivity index (χ3v) is 2.85. The van der Waals surface area contributed by atoms with Crippen LogP contribution in [0.2, 0.25) is 0 Å². The Labute approximate surface area is 129 Å². The first kappa shape index (κ1) is 17.7. The van der Waals surface area contributed by atoms with Gasteiger partial charge in [0.25, 0.3) is 5.91 Å². The molecule has 0 heterocycles. The molecule has 0 saturated carbocycles. The Morgan fingerprint density at radius 1 is 1.05 bits per heavy atom. The van der Waals surface area contributed by atoms with E-state index in [0.717, 1.165) is 0 Å². The van der Waals surface area contributed by atoms with Crippen molar-refractivity contribution in [2.75, 3.05) is 13.2 Å². The van der Waals surface area contributed by atoms with Gasteiger partial charge >= 0.3 is 11.9 Å². The summed E-state index contributed by atoms with van der Waals surface area (Å²) in [6.07, 6.45) is 0.169. The molecule has 0 aromatic heterocycles. The largest absolute Gasteiger partial charge is 0.466 e. The average Bonchev–Trinajstić information content (AvgIpc) is 2.52. The second-order valence-corrected chi connectivity index (χ2v) is 4.49. The molecule has 6 heteroatoms. The Kier molecular flexibility index (Phi) is 7.67. The second-order valence-electron chi connectivity index (χ2n) is 4.49. The minimum atomic E-state index is -0.878. The van der Waals surface area contributed by atoms with Crippen molar-refractivity contribution in [3.05, 3.63) is 35.9 Å². The molecule has 120 valence electrons. The highest BCUT2D eigenvalue weighted by atomic mass is 16.5. The van der Waals surface area contributed by atoms with E-state index >= 15 is 0 Å². The van der Waals surface area contributed by atoms with Crippen molar-refractivity contribution in [2.45, 2.75) is 32.7 Å². The van der Waals surface area contributed by atoms with Crippen LogP contribution in [-0.2, 0) is 19.1 Å². The van der Waals surface area contributed by atoms with Gasteiger partial charge in [-0.05, 0) is 32.4 Å². The standard InChI is InChI=1S/C16H21NO5/c1-3-21-14(18)11-10-13(16(20)22-4-2)17-15(19)12-8-6-5-7-9-12/h5-9,13H,3-4,10-11H2,1-2H3,(H,17,19). The van der Waals surface area contributed by atoms with Crippen molar-refractivity contribution >= 4 is 17.8 Å². The molecule has 0 spiro atoms. The number of hydrogen-bond acceptors (Lipinski definition) is 5. The van der Waals surface area contributed by atoms with Gasteiger partial charge in [0.05, 0.1) is 13.2 Å². The first-order valence-corrected chi connectivity index (χ1v) is 7.26. The zero-order chi connectivity index (χ0) is 16.4. The van der Waals surface area contributed by atoms with Crippen LogP contribution in [0, 0.1) is 0 Å². The maximum atomic E-state index is 12.1. The Morgan fingerprint density at radius 3 is 2.27 bits per heavy atom. The van der Waals surface area contributed by atoms with Crippen LogP contribution in [-0.4, -0.2) is 37.1 Å². The van der Waals surface area contributed by atoms with Gasteiger partial charge in [0.2, 0.25) is 0 Å². The number of ether oxygens (including phenoxy) is 2. The predicted molar refractivity (Wildman–Crippen MR) is 80.2 cm³/mol. The van der Waals surface area contributed by atoms with Crippen LogP contribution in [0.25, 0.3) is 0 Å². The van der Waals surface area contributed by atoms with E-state index in [1.807, 2.05) is 0 Å². The minimum absolute atomic E-state index is 0.0341. The second kappa shape index (κ2) is 9.55. The molecule has 1 unspecified atom stereocenters. The van der Waals surface area contributed by atoms with Gasteiger partial charge in [-0.2, -0.15) is 0 Å². The molecule has 0 radical (unpaired) electrons. The topological polar surface area (TPSA) is 81.7 Å². The van der Waals surface area contributed by atoms with E-state index in [4.69, 9.17) is 9.47 Å². The van der Waals surface area contributed by atoms with Crippen LogP contribution in [0.15, 0.2) is 30.3 Å². The van der Waals surface area contributed by atoms with Gasteiger partial charge < -0.3 is 14.8 Å². The first-order valence-electron chi connectivity index (χ1n) is 7.26. The molecule has 1 aromatic carbocycles. The Morgan fingerprint density at radius 2 is 1.68 bits per heavy atom. The zero-order valence-electron chi connectivity index (χ0n) is 12.8. The molecule has 0 aliphatic heterocycles. The molecule has 0 saturated heterocycles. The van der Waals surface area contributed by atoms with Crippen LogP contribution in [0.5, 0.6) is 0 Å². The highest BCUT2D eigenvalue weighted by Crippen LogP contribution is 2.05. The van der Waals surface area contributed by atoms with E-state index in [0.29, 0.717) is 5.56 Å². The molecule has 1 atom stereocenters. The third-order valence-electron chi connectivity index (χ3n) is 2.85. The van der Waals surface area contributed by atoms with E-state index < -0.39 is 18.0 Å². The molecule has 22 heavy (non-hydrogen) atoms. The monoisotopic (exact) mass is 307 g/mol. The minimum Gasteiger partial charge on any atom is -0.466 e. The highest BCUT2D eigenvalue weighted by molar-refractivity contribution is 5.96. The lowest BCUT2D eigenvalue weighted by Gasteiger charge is -2.17. The van der Waals surface area contributed by atoms with Crippen LogP contribution >= 0.6 is 0 Å². The fourth-order valence-corrected chi connectivity index (χ4v) is 1.82. The van der Waals surface area contributed by atoms with Gasteiger partial charge in [-0.25, -0.2) is 4.79 Å². The predicted octanol–water partition coefficient (Wildman–Crippen LogP) is 1.69. The Hall–Kier alpha value is -2.37. The lowest BCUT2D eigenvalue weighted by Crippen LogP contribution is -2.42. The number of hydrogen-bond donors (Lipinski definition) is 1. The van der Waals surface area contributed by atoms with E-state index in [1.54, 1.807) is 44.2 Å². The van der Waals surface area contributed by atoms with Gasteiger partial charge in [0, 0.05) is 12.0 Å². The summed E-state index contributed by atoms with van der Waals surface area (Å²) in [5.41, 5.74) is 0.438. The number of esters is 2. The highest BCUT2D eigenvalue weighted by Gasteiger charge is 2.23. The summed E-state index contributed by atoms with van der Waals surface area (Å²) in [6, 6.07) is 7.66. The van der Waals surface area contributed by atoms with Crippen LogP contribution in [0.4, 0.5) is 0 Å². The maximum Gasteiger partial charge on any atom is 0.328 e. The van der Waals surface area contributed by atoms with E-state index in [2.05, 4.69) is 5.32 Å². The molecular formula is C16H21NO5. The third kappa shape index (κ3) is 5.95. The number of nitrogens with one attached hydrogen (secondary N) is 1. The zero-order valence-corrected chi connectivity index (χ0v) is 12.8. The van der Waals surface area contributed by atoms with Gasteiger partial charge in [0.15, 0.2) is 0 Å². The van der Waals surface area contributed by atoms with Crippen LogP contribution in [0.1, 0.15) is 37.0 Å². The molecule has 0 aliphatic carbocycles. The number of benzene rings is 1. The van der Waals surface area contributed by atoms with Gasteiger partial charge in [-0.1, -0.05) is 18.2 Å². The quantitative estimate of drug-likeness (QED) is 0.739. The summed E-state index contributed by atoms with van der Waals surface area (Å²) < 4.78 is 9.75. The lowest BCUT2D eigenvalue weighted by atomic mass is 10.1.